The molecule has 0 fully saturated rings. The summed E-state index contributed by atoms with van der Waals surface area (Å²) < 4.78 is 9.01. The molecule has 2 heterocycles. The first-order valence-corrected chi connectivity index (χ1v) is 15.6. The zero-order valence-electron chi connectivity index (χ0n) is 24.3. The average Bonchev–Trinajstić information content (AvgIpc) is 3.81. The van der Waals surface area contributed by atoms with Gasteiger partial charge in [0.15, 0.2) is 0 Å². The maximum atomic E-state index is 6.58. The molecule has 0 saturated heterocycles. The average molecular weight is 572 g/mol. The van der Waals surface area contributed by atoms with Crippen LogP contribution >= 0.6 is 0 Å². The predicted molar refractivity (Wildman–Crippen MR) is 184 cm³/mol. The van der Waals surface area contributed by atoms with E-state index in [1.165, 1.54) is 55.4 Å². The lowest BCUT2D eigenvalue weighted by Crippen LogP contribution is -2.26. The first-order valence-electron chi connectivity index (χ1n) is 15.6. The minimum atomic E-state index is -0.375. The first-order chi connectivity index (χ1) is 22.3. The summed E-state index contributed by atoms with van der Waals surface area (Å²) in [7, 11) is 0. The highest BCUT2D eigenvalue weighted by Gasteiger charge is 2.51. The molecule has 2 nitrogen and oxygen atoms in total. The van der Waals surface area contributed by atoms with Gasteiger partial charge in [-0.15, -0.1) is 0 Å². The fourth-order valence-corrected chi connectivity index (χ4v) is 8.74. The van der Waals surface area contributed by atoms with Gasteiger partial charge in [0.2, 0.25) is 0 Å². The van der Waals surface area contributed by atoms with Gasteiger partial charge in [-0.25, -0.2) is 0 Å². The summed E-state index contributed by atoms with van der Waals surface area (Å²) in [5, 5.41) is 4.67. The normalized spacial score (nSPS) is 14.0. The molecule has 2 aliphatic carbocycles. The van der Waals surface area contributed by atoms with Crippen LogP contribution in [0.2, 0.25) is 0 Å². The van der Waals surface area contributed by atoms with E-state index in [-0.39, 0.29) is 5.41 Å². The Morgan fingerprint density at radius 2 is 1.00 bits per heavy atom. The lowest BCUT2D eigenvalue weighted by Gasteiger charge is -2.30. The van der Waals surface area contributed by atoms with Crippen molar-refractivity contribution in [3.05, 3.63) is 174 Å². The fourth-order valence-electron chi connectivity index (χ4n) is 8.74. The second kappa shape index (κ2) is 8.19. The summed E-state index contributed by atoms with van der Waals surface area (Å²) >= 11 is 0. The van der Waals surface area contributed by atoms with Gasteiger partial charge < -0.3 is 8.98 Å². The highest BCUT2D eigenvalue weighted by molar-refractivity contribution is 6.23. The van der Waals surface area contributed by atoms with Crippen molar-refractivity contribution in [1.82, 2.24) is 4.57 Å². The molecule has 0 aliphatic heterocycles. The molecule has 1 spiro atoms. The van der Waals surface area contributed by atoms with Crippen molar-refractivity contribution >= 4 is 43.7 Å². The molecule has 7 aromatic carbocycles. The van der Waals surface area contributed by atoms with Gasteiger partial charge in [-0.1, -0.05) is 115 Å². The Balaban J connectivity index is 1.27. The monoisotopic (exact) mass is 571 g/mol. The number of fused-ring (bicyclic) bond motifs is 17. The van der Waals surface area contributed by atoms with Crippen molar-refractivity contribution in [3.8, 4) is 27.9 Å². The summed E-state index contributed by atoms with van der Waals surface area (Å²) in [6, 6.07) is 55.7. The third-order valence-electron chi connectivity index (χ3n) is 10.4. The Kier molecular flexibility index (Phi) is 4.29. The topological polar surface area (TPSA) is 18.1 Å². The van der Waals surface area contributed by atoms with Crippen LogP contribution in [0, 0.1) is 0 Å². The number of nitrogens with zero attached hydrogens (tertiary/aromatic N) is 1. The van der Waals surface area contributed by atoms with Crippen LogP contribution < -0.4 is 0 Å². The van der Waals surface area contributed by atoms with Gasteiger partial charge in [0.1, 0.15) is 11.2 Å². The minimum absolute atomic E-state index is 0.375. The van der Waals surface area contributed by atoms with Crippen molar-refractivity contribution in [2.75, 3.05) is 0 Å². The Labute approximate surface area is 259 Å². The fraction of sp³-hybridized carbons (Fsp3) is 0.0233. The molecule has 2 aromatic heterocycles. The Hall–Kier alpha value is -5.86. The number of aromatic nitrogens is 1. The van der Waals surface area contributed by atoms with E-state index >= 15 is 0 Å². The molecule has 0 amide bonds. The van der Waals surface area contributed by atoms with Gasteiger partial charge in [0.05, 0.1) is 21.8 Å². The van der Waals surface area contributed by atoms with Crippen molar-refractivity contribution in [2.45, 2.75) is 5.41 Å². The molecular weight excluding hydrogens is 546 g/mol. The molecule has 9 aromatic rings. The first kappa shape index (κ1) is 23.6. The predicted octanol–water partition coefficient (Wildman–Crippen LogP) is 11.0. The van der Waals surface area contributed by atoms with Crippen molar-refractivity contribution in [1.29, 1.82) is 0 Å². The molecular formula is C43H25NO. The molecule has 2 heteroatoms. The molecule has 0 radical (unpaired) electrons. The van der Waals surface area contributed by atoms with Crippen LogP contribution in [-0.4, -0.2) is 4.57 Å². The highest BCUT2D eigenvalue weighted by atomic mass is 16.3. The van der Waals surface area contributed by atoms with Crippen LogP contribution in [-0.2, 0) is 5.41 Å². The van der Waals surface area contributed by atoms with E-state index in [1.807, 2.05) is 6.07 Å². The van der Waals surface area contributed by atoms with Crippen LogP contribution in [0.1, 0.15) is 22.3 Å². The number of benzene rings is 7. The lowest BCUT2D eigenvalue weighted by molar-refractivity contribution is 0.673. The molecule has 2 aliphatic rings. The highest BCUT2D eigenvalue weighted by Crippen LogP contribution is 2.63. The van der Waals surface area contributed by atoms with Crippen LogP contribution in [0.5, 0.6) is 0 Å². The molecule has 0 atom stereocenters. The van der Waals surface area contributed by atoms with E-state index in [4.69, 9.17) is 4.42 Å². The summed E-state index contributed by atoms with van der Waals surface area (Å²) in [6.45, 7) is 0. The van der Waals surface area contributed by atoms with E-state index in [2.05, 4.69) is 150 Å². The third-order valence-corrected chi connectivity index (χ3v) is 10.4. The maximum Gasteiger partial charge on any atom is 0.145 e. The van der Waals surface area contributed by atoms with Gasteiger partial charge in [0.25, 0.3) is 0 Å². The van der Waals surface area contributed by atoms with Crippen molar-refractivity contribution < 1.29 is 4.42 Å². The van der Waals surface area contributed by atoms with Crippen molar-refractivity contribution in [2.24, 2.45) is 0 Å². The van der Waals surface area contributed by atoms with Gasteiger partial charge in [-0.05, 0) is 80.9 Å². The largest absolute Gasteiger partial charge is 0.455 e. The smallest absolute Gasteiger partial charge is 0.145 e. The lowest BCUT2D eigenvalue weighted by atomic mass is 9.70. The quantitative estimate of drug-likeness (QED) is 0.192. The molecule has 11 rings (SSSR count). The van der Waals surface area contributed by atoms with E-state index in [9.17, 15) is 0 Å². The molecule has 0 unspecified atom stereocenters. The second-order valence-electron chi connectivity index (χ2n) is 12.4. The number of hydrogen-bond donors (Lipinski definition) is 0. The van der Waals surface area contributed by atoms with Gasteiger partial charge in [-0.2, -0.15) is 0 Å². The zero-order chi connectivity index (χ0) is 29.3. The van der Waals surface area contributed by atoms with Gasteiger partial charge in [-0.3, -0.25) is 0 Å². The molecule has 45 heavy (non-hydrogen) atoms. The summed E-state index contributed by atoms with van der Waals surface area (Å²) in [4.78, 5) is 0. The molecule has 0 bridgehead atoms. The number of hydrogen-bond acceptors (Lipinski definition) is 1. The Morgan fingerprint density at radius 1 is 0.422 bits per heavy atom. The van der Waals surface area contributed by atoms with Crippen LogP contribution in [0.15, 0.2) is 156 Å². The maximum absolute atomic E-state index is 6.58. The van der Waals surface area contributed by atoms with Crippen molar-refractivity contribution in [3.63, 3.8) is 0 Å². The summed E-state index contributed by atoms with van der Waals surface area (Å²) in [6.07, 6.45) is 0. The van der Waals surface area contributed by atoms with E-state index in [0.717, 1.165) is 38.5 Å². The molecule has 0 saturated carbocycles. The van der Waals surface area contributed by atoms with Crippen LogP contribution in [0.25, 0.3) is 71.7 Å². The standard InChI is InChI=1S/C43H25NO/c1-6-16-34-27(11-1)28-12-2-7-17-35(28)43(34)36-18-8-3-13-29(36)30-22-21-26(25-37(30)43)44-38-19-9-4-15-33(38)41-39(44)24-23-32-31-14-5-10-20-40(31)45-42(32)41/h1-25H. The number of rotatable bonds is 1. The summed E-state index contributed by atoms with van der Waals surface area (Å²) in [5.74, 6) is 0. The van der Waals surface area contributed by atoms with Crippen LogP contribution in [0.4, 0.5) is 0 Å². The molecule has 0 N–H and O–H groups in total. The minimum Gasteiger partial charge on any atom is -0.455 e. The summed E-state index contributed by atoms with van der Waals surface area (Å²) in [5.41, 5.74) is 15.7. The van der Waals surface area contributed by atoms with Crippen LogP contribution in [0.3, 0.4) is 0 Å². The number of furan rings is 1. The Bertz CT molecular complexity index is 2660. The van der Waals surface area contributed by atoms with E-state index in [0.29, 0.717) is 0 Å². The van der Waals surface area contributed by atoms with Gasteiger partial charge >= 0.3 is 0 Å². The number of para-hydroxylation sites is 2. The van der Waals surface area contributed by atoms with E-state index in [1.54, 1.807) is 0 Å². The molecule has 208 valence electrons. The van der Waals surface area contributed by atoms with E-state index < -0.39 is 0 Å². The van der Waals surface area contributed by atoms with Gasteiger partial charge in [0, 0.05) is 21.8 Å². The Morgan fingerprint density at radius 3 is 1.71 bits per heavy atom. The second-order valence-corrected chi connectivity index (χ2v) is 12.4. The zero-order valence-corrected chi connectivity index (χ0v) is 24.3. The third kappa shape index (κ3) is 2.73. The SMILES string of the molecule is c1ccc2c(c1)-c1ccccc1C21c2ccccc2-c2ccc(-n3c4ccccc4c4c5oc6ccccc6c5ccc43)cc21.